The number of nitro benzene ring substituents is 1. The fourth-order valence-corrected chi connectivity index (χ4v) is 4.67. The summed E-state index contributed by atoms with van der Waals surface area (Å²) in [6.45, 7) is -0.157. The Kier molecular flexibility index (Phi) is 3.92. The van der Waals surface area contributed by atoms with Gasteiger partial charge in [-0.15, -0.1) is 0 Å². The quantitative estimate of drug-likeness (QED) is 0.584. The second kappa shape index (κ2) is 6.16. The molecule has 0 aromatic heterocycles. The molecule has 2 aromatic carbocycles. The van der Waals surface area contributed by atoms with E-state index < -0.39 is 27.0 Å². The van der Waals surface area contributed by atoms with Crippen molar-refractivity contribution < 1.29 is 23.0 Å². The van der Waals surface area contributed by atoms with Crippen LogP contribution in [0.1, 0.15) is 22.3 Å². The monoisotopic (exact) mass is 387 g/mol. The third kappa shape index (κ3) is 2.83. The summed E-state index contributed by atoms with van der Waals surface area (Å²) in [5.74, 6) is -0.585. The Morgan fingerprint density at radius 3 is 2.56 bits per heavy atom. The first-order chi connectivity index (χ1) is 12.9. The van der Waals surface area contributed by atoms with Gasteiger partial charge in [-0.2, -0.15) is 0 Å². The maximum Gasteiger partial charge on any atom is 0.269 e. The minimum absolute atomic E-state index is 0.00972. The van der Waals surface area contributed by atoms with Gasteiger partial charge in [-0.25, -0.2) is 12.7 Å². The summed E-state index contributed by atoms with van der Waals surface area (Å²) in [5.41, 5.74) is 1.28. The number of carbonyl (C=O) groups is 1. The molecule has 1 atom stereocenters. The van der Waals surface area contributed by atoms with Crippen molar-refractivity contribution >= 4 is 27.3 Å². The van der Waals surface area contributed by atoms with E-state index in [1.165, 1.54) is 24.3 Å². The fourth-order valence-electron chi connectivity index (χ4n) is 3.07. The number of amides is 1. The molecule has 138 valence electrons. The summed E-state index contributed by atoms with van der Waals surface area (Å²) in [7, 11) is -3.90. The van der Waals surface area contributed by atoms with Gasteiger partial charge in [-0.3, -0.25) is 14.9 Å². The Morgan fingerprint density at radius 1 is 1.19 bits per heavy atom. The van der Waals surface area contributed by atoms with E-state index in [0.717, 1.165) is 4.31 Å². The normalized spacial score (nSPS) is 20.1. The van der Waals surface area contributed by atoms with Crippen LogP contribution >= 0.6 is 0 Å². The average Bonchev–Trinajstić information content (AvgIpc) is 3.20. The molecule has 1 amide bonds. The van der Waals surface area contributed by atoms with Gasteiger partial charge in [0.1, 0.15) is 4.90 Å². The van der Waals surface area contributed by atoms with Crippen molar-refractivity contribution in [2.45, 2.75) is 17.4 Å². The number of carbonyl (C=O) groups excluding carboxylic acids is 1. The first-order valence-electron chi connectivity index (χ1n) is 8.01. The third-order valence-corrected chi connectivity index (χ3v) is 6.23. The molecule has 0 saturated heterocycles. The standard InChI is InChI=1S/C17H13N3O6S/c21-17-14-3-1-2-4-16(14)27(24,25)19(17)10-13-9-15(18-26-13)11-5-7-12(8-6-11)20(22)23/h1-8,13H,9-10H2. The highest BCUT2D eigenvalue weighted by Gasteiger charge is 2.43. The van der Waals surface area contributed by atoms with Crippen molar-refractivity contribution in [1.82, 2.24) is 4.31 Å². The molecular formula is C17H13N3O6S. The average molecular weight is 387 g/mol. The van der Waals surface area contributed by atoms with Crippen LogP contribution in [0, 0.1) is 10.1 Å². The van der Waals surface area contributed by atoms with E-state index in [0.29, 0.717) is 11.3 Å². The van der Waals surface area contributed by atoms with Crippen molar-refractivity contribution in [3.8, 4) is 0 Å². The van der Waals surface area contributed by atoms with Crippen molar-refractivity contribution in [2.24, 2.45) is 5.16 Å². The number of nitrogens with zero attached hydrogens (tertiary/aromatic N) is 3. The number of non-ortho nitro benzene ring substituents is 1. The lowest BCUT2D eigenvalue weighted by molar-refractivity contribution is -0.384. The number of fused-ring (bicyclic) bond motifs is 1. The molecule has 0 saturated carbocycles. The van der Waals surface area contributed by atoms with E-state index in [-0.39, 0.29) is 29.1 Å². The number of oxime groups is 1. The minimum Gasteiger partial charge on any atom is -0.390 e. The highest BCUT2D eigenvalue weighted by molar-refractivity contribution is 7.90. The van der Waals surface area contributed by atoms with Crippen molar-refractivity contribution in [3.63, 3.8) is 0 Å². The van der Waals surface area contributed by atoms with Gasteiger partial charge in [0.05, 0.1) is 22.7 Å². The molecule has 0 aliphatic carbocycles. The molecule has 4 rings (SSSR count). The highest BCUT2D eigenvalue weighted by Crippen LogP contribution is 2.31. The van der Waals surface area contributed by atoms with Crippen LogP contribution < -0.4 is 0 Å². The van der Waals surface area contributed by atoms with Crippen LogP contribution in [0.15, 0.2) is 58.6 Å². The summed E-state index contributed by atoms with van der Waals surface area (Å²) in [4.78, 5) is 28.0. The van der Waals surface area contributed by atoms with Crippen LogP contribution in [0.4, 0.5) is 5.69 Å². The molecule has 0 N–H and O–H groups in total. The van der Waals surface area contributed by atoms with Crippen molar-refractivity contribution in [1.29, 1.82) is 0 Å². The van der Waals surface area contributed by atoms with Crippen LogP contribution in [0.25, 0.3) is 0 Å². The van der Waals surface area contributed by atoms with Crippen LogP contribution in [0.2, 0.25) is 0 Å². The number of rotatable bonds is 4. The first kappa shape index (κ1) is 17.2. The number of benzene rings is 2. The van der Waals surface area contributed by atoms with Crippen LogP contribution in [0.5, 0.6) is 0 Å². The van der Waals surface area contributed by atoms with E-state index in [4.69, 9.17) is 4.84 Å². The van der Waals surface area contributed by atoms with E-state index in [1.54, 1.807) is 24.3 Å². The second-order valence-corrected chi connectivity index (χ2v) is 7.94. The first-order valence-corrected chi connectivity index (χ1v) is 9.45. The Bertz CT molecular complexity index is 1080. The molecule has 2 aromatic rings. The summed E-state index contributed by atoms with van der Waals surface area (Å²) in [6.07, 6.45) is -0.337. The second-order valence-electron chi connectivity index (χ2n) is 6.11. The van der Waals surface area contributed by atoms with Crippen molar-refractivity contribution in [2.75, 3.05) is 6.54 Å². The lowest BCUT2D eigenvalue weighted by Gasteiger charge is -2.18. The zero-order valence-electron chi connectivity index (χ0n) is 13.8. The van der Waals surface area contributed by atoms with Gasteiger partial charge in [0.15, 0.2) is 6.10 Å². The summed E-state index contributed by atoms with van der Waals surface area (Å²) < 4.78 is 26.0. The Labute approximate surface area is 154 Å². The van der Waals surface area contributed by atoms with Gasteiger partial charge >= 0.3 is 0 Å². The third-order valence-electron chi connectivity index (χ3n) is 4.43. The van der Waals surface area contributed by atoms with Crippen LogP contribution in [-0.2, 0) is 14.9 Å². The maximum absolute atomic E-state index is 12.6. The predicted octanol–water partition coefficient (Wildman–Crippen LogP) is 1.93. The van der Waals surface area contributed by atoms with Gasteiger partial charge in [-0.1, -0.05) is 17.3 Å². The van der Waals surface area contributed by atoms with Gasteiger partial charge in [0.2, 0.25) is 0 Å². The molecule has 9 nitrogen and oxygen atoms in total. The minimum atomic E-state index is -3.90. The zero-order chi connectivity index (χ0) is 19.2. The molecular weight excluding hydrogens is 374 g/mol. The Balaban J connectivity index is 1.49. The summed E-state index contributed by atoms with van der Waals surface area (Å²) >= 11 is 0. The van der Waals surface area contributed by atoms with Crippen molar-refractivity contribution in [3.05, 3.63) is 69.8 Å². The van der Waals surface area contributed by atoms with E-state index in [9.17, 15) is 23.3 Å². The molecule has 2 aliphatic rings. The summed E-state index contributed by atoms with van der Waals surface area (Å²) in [5, 5.41) is 14.7. The number of nitro groups is 1. The molecule has 2 heterocycles. The molecule has 10 heteroatoms. The topological polar surface area (TPSA) is 119 Å². The van der Waals surface area contributed by atoms with E-state index >= 15 is 0 Å². The molecule has 27 heavy (non-hydrogen) atoms. The van der Waals surface area contributed by atoms with Gasteiger partial charge in [0.25, 0.3) is 21.6 Å². The lowest BCUT2D eigenvalue weighted by atomic mass is 10.0. The molecule has 2 aliphatic heterocycles. The molecule has 0 fully saturated rings. The number of hydrogen-bond acceptors (Lipinski definition) is 7. The molecule has 0 radical (unpaired) electrons. The Hall–Kier alpha value is -3.27. The number of sulfonamides is 1. The largest absolute Gasteiger partial charge is 0.390 e. The van der Waals surface area contributed by atoms with E-state index in [1.807, 2.05) is 0 Å². The number of hydrogen-bond donors (Lipinski definition) is 0. The smallest absolute Gasteiger partial charge is 0.269 e. The summed E-state index contributed by atoms with van der Waals surface area (Å²) in [6, 6.07) is 11.9. The predicted molar refractivity (Wildman–Crippen MR) is 93.8 cm³/mol. The van der Waals surface area contributed by atoms with Crippen LogP contribution in [-0.4, -0.2) is 41.9 Å². The van der Waals surface area contributed by atoms with Gasteiger partial charge < -0.3 is 4.84 Å². The van der Waals surface area contributed by atoms with E-state index in [2.05, 4.69) is 5.16 Å². The van der Waals surface area contributed by atoms with Gasteiger partial charge in [0, 0.05) is 18.6 Å². The Morgan fingerprint density at radius 2 is 1.89 bits per heavy atom. The van der Waals surface area contributed by atoms with Gasteiger partial charge in [-0.05, 0) is 29.8 Å². The lowest BCUT2D eigenvalue weighted by Crippen LogP contribution is -2.37. The fraction of sp³-hybridized carbons (Fsp3) is 0.176. The SMILES string of the molecule is O=C1c2ccccc2S(=O)(=O)N1CC1CC(c2ccc([N+](=O)[O-])cc2)=NO1. The molecule has 0 bridgehead atoms. The zero-order valence-corrected chi connectivity index (χ0v) is 14.6. The molecule has 1 unspecified atom stereocenters. The maximum atomic E-state index is 12.6. The highest BCUT2D eigenvalue weighted by atomic mass is 32.2. The van der Waals surface area contributed by atoms with Crippen LogP contribution in [0.3, 0.4) is 0 Å². The molecule has 0 spiro atoms.